The molecule has 0 amide bonds. The monoisotopic (exact) mass is 282 g/mol. The molecule has 0 aliphatic heterocycles. The molecule has 0 saturated carbocycles. The van der Waals surface area contributed by atoms with E-state index in [2.05, 4.69) is 25.1 Å². The summed E-state index contributed by atoms with van der Waals surface area (Å²) in [5.41, 5.74) is 1.92. The van der Waals surface area contributed by atoms with Crippen molar-refractivity contribution >= 4 is 0 Å². The number of hydrogen-bond acceptors (Lipinski definition) is 4. The Balaban J connectivity index is 1.43. The van der Waals surface area contributed by atoms with E-state index in [0.29, 0.717) is 0 Å². The van der Waals surface area contributed by atoms with Crippen molar-refractivity contribution in [3.8, 4) is 5.69 Å². The van der Waals surface area contributed by atoms with Crippen LogP contribution in [0.15, 0.2) is 55.2 Å². The summed E-state index contributed by atoms with van der Waals surface area (Å²) in [4.78, 5) is 5.68. The Hall–Kier alpha value is -2.47. The number of hydrogen-bond donors (Lipinski definition) is 1. The van der Waals surface area contributed by atoms with Crippen molar-refractivity contribution in [2.24, 2.45) is 0 Å². The van der Waals surface area contributed by atoms with E-state index in [9.17, 15) is 0 Å². The minimum atomic E-state index is 0.733. The SMILES string of the molecule is c1ccc(-n2ncc(CNCCCn3ccnc3)n2)cc1. The molecule has 3 rings (SSSR count). The smallest absolute Gasteiger partial charge is 0.0969 e. The molecule has 6 nitrogen and oxygen atoms in total. The molecule has 0 saturated heterocycles. The zero-order valence-electron chi connectivity index (χ0n) is 11.8. The summed E-state index contributed by atoms with van der Waals surface area (Å²) >= 11 is 0. The third kappa shape index (κ3) is 3.76. The summed E-state index contributed by atoms with van der Waals surface area (Å²) in [6, 6.07) is 9.92. The molecule has 0 aliphatic rings. The number of aryl methyl sites for hydroxylation is 1. The number of nitrogens with zero attached hydrogens (tertiary/aromatic N) is 5. The summed E-state index contributed by atoms with van der Waals surface area (Å²) in [6.45, 7) is 2.65. The van der Waals surface area contributed by atoms with Gasteiger partial charge in [-0.25, -0.2) is 4.98 Å². The van der Waals surface area contributed by atoms with Crippen molar-refractivity contribution in [1.82, 2.24) is 29.9 Å². The van der Waals surface area contributed by atoms with Crippen LogP contribution >= 0.6 is 0 Å². The fourth-order valence-electron chi connectivity index (χ4n) is 2.08. The van der Waals surface area contributed by atoms with Crippen LogP contribution in [-0.2, 0) is 13.1 Å². The molecule has 2 heterocycles. The molecule has 6 heteroatoms. The van der Waals surface area contributed by atoms with Gasteiger partial charge in [-0.3, -0.25) is 0 Å². The Morgan fingerprint density at radius 3 is 2.86 bits per heavy atom. The van der Waals surface area contributed by atoms with Crippen LogP contribution in [0.1, 0.15) is 12.1 Å². The fraction of sp³-hybridized carbons (Fsp3) is 0.267. The van der Waals surface area contributed by atoms with Gasteiger partial charge in [0.25, 0.3) is 0 Å². The summed E-state index contributed by atoms with van der Waals surface area (Å²) in [6.07, 6.45) is 8.48. The van der Waals surface area contributed by atoms with Gasteiger partial charge in [-0.2, -0.15) is 15.0 Å². The third-order valence-corrected chi connectivity index (χ3v) is 3.16. The van der Waals surface area contributed by atoms with Crippen LogP contribution in [0, 0.1) is 0 Å². The minimum absolute atomic E-state index is 0.733. The summed E-state index contributed by atoms with van der Waals surface area (Å²) in [5, 5.41) is 12.1. The predicted molar refractivity (Wildman–Crippen MR) is 79.9 cm³/mol. The van der Waals surface area contributed by atoms with Crippen LogP contribution in [0.4, 0.5) is 0 Å². The first-order chi connectivity index (χ1) is 10.4. The highest BCUT2D eigenvalue weighted by atomic mass is 15.5. The molecule has 0 bridgehead atoms. The van der Waals surface area contributed by atoms with Crippen molar-refractivity contribution in [3.05, 3.63) is 60.9 Å². The van der Waals surface area contributed by atoms with Crippen molar-refractivity contribution in [1.29, 1.82) is 0 Å². The molecule has 1 N–H and O–H groups in total. The first kappa shape index (κ1) is 13.5. The third-order valence-electron chi connectivity index (χ3n) is 3.16. The maximum absolute atomic E-state index is 4.46. The van der Waals surface area contributed by atoms with Gasteiger partial charge in [0, 0.05) is 25.5 Å². The van der Waals surface area contributed by atoms with E-state index in [1.807, 2.05) is 42.9 Å². The van der Waals surface area contributed by atoms with Crippen LogP contribution in [0.25, 0.3) is 5.69 Å². The first-order valence-corrected chi connectivity index (χ1v) is 7.05. The highest BCUT2D eigenvalue weighted by Gasteiger charge is 2.01. The number of imidazole rings is 1. The zero-order chi connectivity index (χ0) is 14.3. The second kappa shape index (κ2) is 6.81. The lowest BCUT2D eigenvalue weighted by atomic mass is 10.3. The molecule has 21 heavy (non-hydrogen) atoms. The standard InChI is InChI=1S/C15H18N6/c1-2-5-15(6-3-1)21-18-12-14(19-21)11-16-7-4-9-20-10-8-17-13-20/h1-3,5-6,8,10,12-13,16H,4,7,9,11H2. The highest BCUT2D eigenvalue weighted by molar-refractivity contribution is 5.28. The molecular formula is C15H18N6. The highest BCUT2D eigenvalue weighted by Crippen LogP contribution is 2.04. The molecule has 0 aliphatic carbocycles. The Morgan fingerprint density at radius 1 is 1.14 bits per heavy atom. The largest absolute Gasteiger partial charge is 0.337 e. The molecule has 108 valence electrons. The maximum Gasteiger partial charge on any atom is 0.0969 e. The van der Waals surface area contributed by atoms with E-state index in [0.717, 1.165) is 37.4 Å². The maximum atomic E-state index is 4.46. The Labute approximate surface area is 123 Å². The van der Waals surface area contributed by atoms with E-state index in [-0.39, 0.29) is 0 Å². The minimum Gasteiger partial charge on any atom is -0.337 e. The van der Waals surface area contributed by atoms with Gasteiger partial charge in [-0.1, -0.05) is 18.2 Å². The first-order valence-electron chi connectivity index (χ1n) is 7.05. The summed E-state index contributed by atoms with van der Waals surface area (Å²) in [5.74, 6) is 0. The van der Waals surface area contributed by atoms with Crippen molar-refractivity contribution in [2.45, 2.75) is 19.5 Å². The Bertz CT molecular complexity index is 644. The van der Waals surface area contributed by atoms with Gasteiger partial charge in [0.05, 0.1) is 23.9 Å². The van der Waals surface area contributed by atoms with E-state index in [4.69, 9.17) is 0 Å². The zero-order valence-corrected chi connectivity index (χ0v) is 11.8. The molecular weight excluding hydrogens is 264 g/mol. The van der Waals surface area contributed by atoms with Gasteiger partial charge in [0.1, 0.15) is 0 Å². The van der Waals surface area contributed by atoms with Crippen molar-refractivity contribution < 1.29 is 0 Å². The Kier molecular flexibility index (Phi) is 4.38. The lowest BCUT2D eigenvalue weighted by Crippen LogP contribution is -2.16. The topological polar surface area (TPSA) is 60.6 Å². The molecule has 0 fully saturated rings. The molecule has 0 spiro atoms. The van der Waals surface area contributed by atoms with Crippen molar-refractivity contribution in [3.63, 3.8) is 0 Å². The molecule has 1 aromatic carbocycles. The lowest BCUT2D eigenvalue weighted by Gasteiger charge is -2.03. The summed E-state index contributed by atoms with van der Waals surface area (Å²) < 4.78 is 2.08. The molecule has 0 unspecified atom stereocenters. The fourth-order valence-corrected chi connectivity index (χ4v) is 2.08. The van der Waals surface area contributed by atoms with E-state index >= 15 is 0 Å². The van der Waals surface area contributed by atoms with Gasteiger partial charge in [-0.05, 0) is 25.1 Å². The average molecular weight is 282 g/mol. The van der Waals surface area contributed by atoms with Gasteiger partial charge < -0.3 is 9.88 Å². The van der Waals surface area contributed by atoms with Gasteiger partial charge in [-0.15, -0.1) is 0 Å². The number of aromatic nitrogens is 5. The molecule has 0 atom stereocenters. The molecule has 0 radical (unpaired) electrons. The number of nitrogens with one attached hydrogen (secondary N) is 1. The van der Waals surface area contributed by atoms with E-state index in [1.165, 1.54) is 0 Å². The average Bonchev–Trinajstić information content (AvgIpc) is 3.19. The van der Waals surface area contributed by atoms with Gasteiger partial charge in [0.15, 0.2) is 0 Å². The van der Waals surface area contributed by atoms with E-state index in [1.54, 1.807) is 17.2 Å². The van der Waals surface area contributed by atoms with Crippen molar-refractivity contribution in [2.75, 3.05) is 6.54 Å². The number of rotatable bonds is 7. The van der Waals surface area contributed by atoms with E-state index < -0.39 is 0 Å². The van der Waals surface area contributed by atoms with Crippen LogP contribution in [0.2, 0.25) is 0 Å². The quantitative estimate of drug-likeness (QED) is 0.669. The van der Waals surface area contributed by atoms with Gasteiger partial charge in [0.2, 0.25) is 0 Å². The van der Waals surface area contributed by atoms with Crippen LogP contribution in [0.3, 0.4) is 0 Å². The summed E-state index contributed by atoms with van der Waals surface area (Å²) in [7, 11) is 0. The van der Waals surface area contributed by atoms with Crippen LogP contribution in [0.5, 0.6) is 0 Å². The normalized spacial score (nSPS) is 10.9. The van der Waals surface area contributed by atoms with Crippen LogP contribution < -0.4 is 5.32 Å². The second-order valence-corrected chi connectivity index (χ2v) is 4.79. The number of para-hydroxylation sites is 1. The molecule has 3 aromatic rings. The molecule has 2 aromatic heterocycles. The predicted octanol–water partition coefficient (Wildman–Crippen LogP) is 1.64. The van der Waals surface area contributed by atoms with Gasteiger partial charge >= 0.3 is 0 Å². The number of benzene rings is 1. The van der Waals surface area contributed by atoms with Crippen LogP contribution in [-0.4, -0.2) is 31.1 Å². The second-order valence-electron chi connectivity index (χ2n) is 4.79. The lowest BCUT2D eigenvalue weighted by molar-refractivity contribution is 0.574. The Morgan fingerprint density at radius 2 is 2.05 bits per heavy atom.